The van der Waals surface area contributed by atoms with Crippen LogP contribution in [0.1, 0.15) is 25.8 Å². The molecule has 0 bridgehead atoms. The number of hydrogen-bond donors (Lipinski definition) is 1. The first kappa shape index (κ1) is 11.8. The molecular weight excluding hydrogens is 182 g/mol. The molecule has 0 aliphatic rings. The van der Waals surface area contributed by atoms with Crippen molar-refractivity contribution in [1.29, 1.82) is 0 Å². The summed E-state index contributed by atoms with van der Waals surface area (Å²) in [6.07, 6.45) is 6.00. The lowest BCUT2D eigenvalue weighted by Crippen LogP contribution is -2.33. The Bertz CT molecular complexity index is 319. The zero-order chi connectivity index (χ0) is 11.1. The van der Waals surface area contributed by atoms with Gasteiger partial charge in [-0.2, -0.15) is 0 Å². The van der Waals surface area contributed by atoms with E-state index in [2.05, 4.69) is 49.4 Å². The van der Waals surface area contributed by atoms with E-state index in [-0.39, 0.29) is 5.41 Å². The summed E-state index contributed by atoms with van der Waals surface area (Å²) < 4.78 is 0. The van der Waals surface area contributed by atoms with Crippen molar-refractivity contribution >= 4 is 0 Å². The van der Waals surface area contributed by atoms with E-state index in [1.807, 2.05) is 6.07 Å². The van der Waals surface area contributed by atoms with Crippen molar-refractivity contribution in [2.75, 3.05) is 13.1 Å². The van der Waals surface area contributed by atoms with Crippen LogP contribution in [-0.2, 0) is 5.41 Å². The number of nitrogens with one attached hydrogen (secondary N) is 1. The molecule has 0 amide bonds. The van der Waals surface area contributed by atoms with Crippen LogP contribution in [0.25, 0.3) is 0 Å². The highest BCUT2D eigenvalue weighted by molar-refractivity contribution is 5.23. The van der Waals surface area contributed by atoms with E-state index in [4.69, 9.17) is 6.42 Å². The summed E-state index contributed by atoms with van der Waals surface area (Å²) in [7, 11) is 0. The fraction of sp³-hybridized carbons (Fsp3) is 0.429. The van der Waals surface area contributed by atoms with E-state index in [9.17, 15) is 0 Å². The molecule has 1 aromatic carbocycles. The highest BCUT2D eigenvalue weighted by Gasteiger charge is 2.18. The largest absolute Gasteiger partial charge is 0.315 e. The molecule has 1 N–H and O–H groups in total. The molecule has 1 rings (SSSR count). The Morgan fingerprint density at radius 2 is 1.93 bits per heavy atom. The van der Waals surface area contributed by atoms with Crippen molar-refractivity contribution in [3.05, 3.63) is 35.9 Å². The lowest BCUT2D eigenvalue weighted by atomic mass is 9.84. The number of rotatable bonds is 5. The quantitative estimate of drug-likeness (QED) is 0.570. The summed E-state index contributed by atoms with van der Waals surface area (Å²) in [4.78, 5) is 0. The minimum absolute atomic E-state index is 0.163. The van der Waals surface area contributed by atoms with Gasteiger partial charge in [0, 0.05) is 24.9 Å². The van der Waals surface area contributed by atoms with E-state index in [1.54, 1.807) is 0 Å². The fourth-order valence-corrected chi connectivity index (χ4v) is 1.55. The van der Waals surface area contributed by atoms with Crippen LogP contribution >= 0.6 is 0 Å². The second-order valence-corrected chi connectivity index (χ2v) is 4.38. The van der Waals surface area contributed by atoms with Gasteiger partial charge in [-0.1, -0.05) is 44.2 Å². The normalized spacial score (nSPS) is 11.0. The maximum absolute atomic E-state index is 5.20. The molecule has 1 aromatic rings. The standard InChI is InChI=1S/C14H19N/c1-4-5-11-15-12-14(2,3)13-9-7-6-8-10-13/h1,6-10,15H,5,11-12H2,2-3H3. The maximum Gasteiger partial charge on any atom is 0.0211 e. The van der Waals surface area contributed by atoms with E-state index in [0.29, 0.717) is 0 Å². The van der Waals surface area contributed by atoms with Crippen molar-refractivity contribution in [3.8, 4) is 12.3 Å². The van der Waals surface area contributed by atoms with Crippen LogP contribution in [0.4, 0.5) is 0 Å². The third-order valence-corrected chi connectivity index (χ3v) is 2.57. The Hall–Kier alpha value is -1.26. The summed E-state index contributed by atoms with van der Waals surface area (Å²) in [5.41, 5.74) is 1.52. The first-order chi connectivity index (χ1) is 7.17. The van der Waals surface area contributed by atoms with Crippen LogP contribution in [0.15, 0.2) is 30.3 Å². The minimum Gasteiger partial charge on any atom is -0.315 e. The molecule has 1 heteroatoms. The van der Waals surface area contributed by atoms with E-state index in [0.717, 1.165) is 19.5 Å². The molecule has 80 valence electrons. The highest BCUT2D eigenvalue weighted by Crippen LogP contribution is 2.21. The van der Waals surface area contributed by atoms with Gasteiger partial charge in [0.25, 0.3) is 0 Å². The van der Waals surface area contributed by atoms with Crippen LogP contribution in [0.2, 0.25) is 0 Å². The van der Waals surface area contributed by atoms with Crippen molar-refractivity contribution in [3.63, 3.8) is 0 Å². The van der Waals surface area contributed by atoms with Gasteiger partial charge in [-0.15, -0.1) is 12.3 Å². The molecule has 0 saturated heterocycles. The molecule has 0 atom stereocenters. The Morgan fingerprint density at radius 3 is 2.53 bits per heavy atom. The summed E-state index contributed by atoms with van der Waals surface area (Å²) >= 11 is 0. The van der Waals surface area contributed by atoms with E-state index < -0.39 is 0 Å². The Balaban J connectivity index is 2.49. The lowest BCUT2D eigenvalue weighted by Gasteiger charge is -2.25. The Kier molecular flexibility index (Phi) is 4.39. The van der Waals surface area contributed by atoms with Crippen molar-refractivity contribution in [1.82, 2.24) is 5.32 Å². The van der Waals surface area contributed by atoms with E-state index >= 15 is 0 Å². The first-order valence-corrected chi connectivity index (χ1v) is 5.36. The van der Waals surface area contributed by atoms with Gasteiger partial charge >= 0.3 is 0 Å². The first-order valence-electron chi connectivity index (χ1n) is 5.36. The second-order valence-electron chi connectivity index (χ2n) is 4.38. The molecule has 1 nitrogen and oxygen atoms in total. The topological polar surface area (TPSA) is 12.0 Å². The van der Waals surface area contributed by atoms with Gasteiger partial charge in [0.15, 0.2) is 0 Å². The number of terminal acetylenes is 1. The number of benzene rings is 1. The predicted octanol–water partition coefficient (Wildman–Crippen LogP) is 2.58. The Morgan fingerprint density at radius 1 is 1.27 bits per heavy atom. The van der Waals surface area contributed by atoms with E-state index in [1.165, 1.54) is 5.56 Å². The summed E-state index contributed by atoms with van der Waals surface area (Å²) in [5.74, 6) is 2.63. The summed E-state index contributed by atoms with van der Waals surface area (Å²) in [5, 5.41) is 3.38. The van der Waals surface area contributed by atoms with Crippen molar-refractivity contribution in [2.24, 2.45) is 0 Å². The van der Waals surface area contributed by atoms with Crippen molar-refractivity contribution < 1.29 is 0 Å². The molecule has 0 aliphatic carbocycles. The zero-order valence-electron chi connectivity index (χ0n) is 9.59. The van der Waals surface area contributed by atoms with Crippen LogP contribution in [0, 0.1) is 12.3 Å². The summed E-state index contributed by atoms with van der Waals surface area (Å²) in [6, 6.07) is 10.5. The minimum atomic E-state index is 0.163. The van der Waals surface area contributed by atoms with Gasteiger partial charge in [0.2, 0.25) is 0 Å². The summed E-state index contributed by atoms with van der Waals surface area (Å²) in [6.45, 7) is 6.34. The molecule has 0 aliphatic heterocycles. The maximum atomic E-state index is 5.20. The third kappa shape index (κ3) is 3.77. The molecule has 0 radical (unpaired) electrons. The van der Waals surface area contributed by atoms with Gasteiger partial charge in [-0.05, 0) is 5.56 Å². The molecule has 0 saturated carbocycles. The van der Waals surface area contributed by atoms with Gasteiger partial charge in [0.1, 0.15) is 0 Å². The monoisotopic (exact) mass is 201 g/mol. The second kappa shape index (κ2) is 5.58. The highest BCUT2D eigenvalue weighted by atomic mass is 14.9. The Labute approximate surface area is 92.9 Å². The average molecular weight is 201 g/mol. The molecule has 0 unspecified atom stereocenters. The SMILES string of the molecule is C#CCCNCC(C)(C)c1ccccc1. The third-order valence-electron chi connectivity index (χ3n) is 2.57. The molecule has 0 fully saturated rings. The smallest absolute Gasteiger partial charge is 0.0211 e. The van der Waals surface area contributed by atoms with Gasteiger partial charge in [0.05, 0.1) is 0 Å². The van der Waals surface area contributed by atoms with Gasteiger partial charge in [-0.25, -0.2) is 0 Å². The van der Waals surface area contributed by atoms with Crippen LogP contribution in [0.5, 0.6) is 0 Å². The van der Waals surface area contributed by atoms with Gasteiger partial charge in [-0.3, -0.25) is 0 Å². The molecule has 0 heterocycles. The predicted molar refractivity (Wildman–Crippen MR) is 65.8 cm³/mol. The van der Waals surface area contributed by atoms with Gasteiger partial charge < -0.3 is 5.32 Å². The lowest BCUT2D eigenvalue weighted by molar-refractivity contribution is 0.473. The number of hydrogen-bond acceptors (Lipinski definition) is 1. The zero-order valence-corrected chi connectivity index (χ0v) is 9.59. The van der Waals surface area contributed by atoms with Crippen LogP contribution in [0.3, 0.4) is 0 Å². The van der Waals surface area contributed by atoms with Crippen LogP contribution in [-0.4, -0.2) is 13.1 Å². The fourth-order valence-electron chi connectivity index (χ4n) is 1.55. The van der Waals surface area contributed by atoms with Crippen molar-refractivity contribution in [2.45, 2.75) is 25.7 Å². The molecule has 0 spiro atoms. The molecule has 15 heavy (non-hydrogen) atoms. The molecule has 0 aromatic heterocycles. The average Bonchev–Trinajstić information content (AvgIpc) is 2.26. The molecular formula is C14H19N. The van der Waals surface area contributed by atoms with Crippen LogP contribution < -0.4 is 5.32 Å².